The number of aliphatic hydroxyl groups is 1. The fourth-order valence-corrected chi connectivity index (χ4v) is 5.05. The van der Waals surface area contributed by atoms with Crippen molar-refractivity contribution in [3.05, 3.63) is 66.1 Å². The second-order valence-electron chi connectivity index (χ2n) is 8.88. The van der Waals surface area contributed by atoms with Crippen LogP contribution in [0.25, 0.3) is 21.9 Å². The molecule has 0 spiro atoms. The summed E-state index contributed by atoms with van der Waals surface area (Å²) in [6.45, 7) is 6.20. The van der Waals surface area contributed by atoms with Gasteiger partial charge in [-0.3, -0.25) is 4.90 Å². The quantitative estimate of drug-likeness (QED) is 0.450. The number of aryl methyl sites for hydroxylation is 1. The lowest BCUT2D eigenvalue weighted by atomic mass is 9.84. The predicted octanol–water partition coefficient (Wildman–Crippen LogP) is 5.23. The van der Waals surface area contributed by atoms with E-state index in [1.165, 1.54) is 10.9 Å². The molecule has 1 aliphatic rings. The first kappa shape index (κ1) is 20.2. The number of aromatic amines is 1. The van der Waals surface area contributed by atoms with E-state index in [1.54, 1.807) is 6.26 Å². The Morgan fingerprint density at radius 3 is 2.94 bits per heavy atom. The van der Waals surface area contributed by atoms with Gasteiger partial charge in [-0.1, -0.05) is 18.2 Å². The van der Waals surface area contributed by atoms with Crippen LogP contribution in [-0.4, -0.2) is 46.8 Å². The van der Waals surface area contributed by atoms with Crippen molar-refractivity contribution in [3.8, 4) is 5.75 Å². The highest BCUT2D eigenvalue weighted by Gasteiger charge is 2.29. The Balaban J connectivity index is 1.19. The molecule has 5 nitrogen and oxygen atoms in total. The van der Waals surface area contributed by atoms with Crippen molar-refractivity contribution in [3.63, 3.8) is 0 Å². The first-order valence-electron chi connectivity index (χ1n) is 11.2. The van der Waals surface area contributed by atoms with Crippen molar-refractivity contribution < 1.29 is 14.3 Å². The number of fused-ring (bicyclic) bond motifs is 2. The third kappa shape index (κ3) is 4.08. The summed E-state index contributed by atoms with van der Waals surface area (Å²) in [5, 5.41) is 13.0. The molecule has 0 unspecified atom stereocenters. The number of nitrogens with zero attached hydrogens (tertiary/aromatic N) is 1. The van der Waals surface area contributed by atoms with Gasteiger partial charge in [0, 0.05) is 34.6 Å². The Labute approximate surface area is 182 Å². The lowest BCUT2D eigenvalue weighted by molar-refractivity contribution is 0.0406. The topological polar surface area (TPSA) is 61.6 Å². The van der Waals surface area contributed by atoms with Gasteiger partial charge in [0.2, 0.25) is 0 Å². The molecule has 1 saturated heterocycles. The normalized spacial score (nSPS) is 21.0. The molecule has 0 bridgehead atoms. The number of piperidine rings is 1. The molecule has 2 N–H and O–H groups in total. The highest BCUT2D eigenvalue weighted by Crippen LogP contribution is 2.36. The minimum atomic E-state index is -0.522. The van der Waals surface area contributed by atoms with E-state index >= 15 is 0 Å². The van der Waals surface area contributed by atoms with Crippen LogP contribution in [0.4, 0.5) is 0 Å². The van der Waals surface area contributed by atoms with Crippen LogP contribution >= 0.6 is 0 Å². The monoisotopic (exact) mass is 418 g/mol. The smallest absolute Gasteiger partial charge is 0.134 e. The number of likely N-dealkylation sites (tertiary alicyclic amines) is 1. The Kier molecular flexibility index (Phi) is 5.47. The van der Waals surface area contributed by atoms with Crippen LogP contribution in [-0.2, 0) is 0 Å². The molecule has 31 heavy (non-hydrogen) atoms. The van der Waals surface area contributed by atoms with E-state index in [-0.39, 0.29) is 0 Å². The van der Waals surface area contributed by atoms with Crippen molar-refractivity contribution in [1.29, 1.82) is 0 Å². The second kappa shape index (κ2) is 8.40. The number of aromatic nitrogens is 1. The number of hydrogen-bond donors (Lipinski definition) is 2. The van der Waals surface area contributed by atoms with Gasteiger partial charge in [0.05, 0.1) is 6.26 Å². The first-order valence-corrected chi connectivity index (χ1v) is 11.2. The molecule has 0 aliphatic carbocycles. The number of H-pyrrole nitrogens is 1. The SMILES string of the molecule is Cc1cc2c(OC[C@@H](O)CN3CC[C@@H](c4cccc5occc45)C[C@@H]3C)cccc2[nH]1. The Morgan fingerprint density at radius 2 is 2.06 bits per heavy atom. The van der Waals surface area contributed by atoms with Gasteiger partial charge in [0.15, 0.2) is 0 Å². The van der Waals surface area contributed by atoms with Gasteiger partial charge in [-0.05, 0) is 75.0 Å². The van der Waals surface area contributed by atoms with Gasteiger partial charge >= 0.3 is 0 Å². The maximum absolute atomic E-state index is 10.7. The molecule has 162 valence electrons. The van der Waals surface area contributed by atoms with Crippen LogP contribution in [0.3, 0.4) is 0 Å². The predicted molar refractivity (Wildman–Crippen MR) is 124 cm³/mol. The minimum absolute atomic E-state index is 0.296. The van der Waals surface area contributed by atoms with E-state index in [1.807, 2.05) is 31.2 Å². The van der Waals surface area contributed by atoms with Gasteiger partial charge in [0.1, 0.15) is 24.0 Å². The van der Waals surface area contributed by atoms with Crippen LogP contribution in [0.5, 0.6) is 5.75 Å². The molecule has 1 fully saturated rings. The number of ether oxygens (including phenoxy) is 1. The molecule has 0 amide bonds. The lowest BCUT2D eigenvalue weighted by Crippen LogP contribution is -2.45. The number of nitrogens with one attached hydrogen (secondary N) is 1. The zero-order chi connectivity index (χ0) is 21.4. The summed E-state index contributed by atoms with van der Waals surface area (Å²) in [6.07, 6.45) is 3.43. The summed E-state index contributed by atoms with van der Waals surface area (Å²) in [7, 11) is 0. The van der Waals surface area contributed by atoms with Crippen LogP contribution < -0.4 is 4.74 Å². The fraction of sp³-hybridized carbons (Fsp3) is 0.385. The standard InChI is InChI=1S/C26H30N2O3/c1-17-13-23-24(27-17)6-4-8-26(23)31-16-20(29)15-28-11-9-19(14-18(28)2)21-5-3-7-25-22(21)10-12-30-25/h3-8,10,12-13,18-20,27,29H,9,11,14-16H2,1-2H3/t18-,19+,20-/m0/s1. The van der Waals surface area contributed by atoms with E-state index < -0.39 is 6.10 Å². The Bertz CT molecular complexity index is 1180. The summed E-state index contributed by atoms with van der Waals surface area (Å²) in [5.41, 5.74) is 4.52. The number of aliphatic hydroxyl groups excluding tert-OH is 1. The highest BCUT2D eigenvalue weighted by molar-refractivity contribution is 5.86. The summed E-state index contributed by atoms with van der Waals surface area (Å²) in [5.74, 6) is 1.34. The van der Waals surface area contributed by atoms with E-state index in [4.69, 9.17) is 9.15 Å². The average molecular weight is 419 g/mol. The third-order valence-electron chi connectivity index (χ3n) is 6.62. The van der Waals surface area contributed by atoms with E-state index in [9.17, 15) is 5.11 Å². The van der Waals surface area contributed by atoms with Crippen LogP contribution in [0.2, 0.25) is 0 Å². The van der Waals surface area contributed by atoms with Crippen molar-refractivity contribution >= 4 is 21.9 Å². The minimum Gasteiger partial charge on any atom is -0.490 e. The summed E-state index contributed by atoms with van der Waals surface area (Å²) in [6, 6.07) is 16.9. The van der Waals surface area contributed by atoms with Crippen LogP contribution in [0.15, 0.2) is 59.2 Å². The van der Waals surface area contributed by atoms with Gasteiger partial charge in [-0.2, -0.15) is 0 Å². The van der Waals surface area contributed by atoms with E-state index in [0.29, 0.717) is 25.1 Å². The number of hydrogen-bond acceptors (Lipinski definition) is 4. The van der Waals surface area contributed by atoms with Gasteiger partial charge in [-0.15, -0.1) is 0 Å². The zero-order valence-corrected chi connectivity index (χ0v) is 18.2. The Hall–Kier alpha value is -2.76. The second-order valence-corrected chi connectivity index (χ2v) is 8.88. The molecular formula is C26H30N2O3. The third-order valence-corrected chi connectivity index (χ3v) is 6.62. The molecule has 0 radical (unpaired) electrons. The maximum Gasteiger partial charge on any atom is 0.134 e. The molecule has 3 heterocycles. The molecule has 2 aromatic heterocycles. The summed E-state index contributed by atoms with van der Waals surface area (Å²) in [4.78, 5) is 5.72. The van der Waals surface area contributed by atoms with Crippen LogP contribution in [0.1, 0.15) is 36.9 Å². The number of furan rings is 1. The largest absolute Gasteiger partial charge is 0.490 e. The summed E-state index contributed by atoms with van der Waals surface area (Å²) >= 11 is 0. The molecule has 0 saturated carbocycles. The van der Waals surface area contributed by atoms with Crippen molar-refractivity contribution in [2.45, 2.75) is 44.8 Å². The fourth-order valence-electron chi connectivity index (χ4n) is 5.05. The molecule has 2 aromatic carbocycles. The van der Waals surface area contributed by atoms with E-state index in [0.717, 1.165) is 47.3 Å². The molecule has 5 heteroatoms. The number of benzene rings is 2. The van der Waals surface area contributed by atoms with Crippen molar-refractivity contribution in [2.24, 2.45) is 0 Å². The molecule has 5 rings (SSSR count). The maximum atomic E-state index is 10.7. The Morgan fingerprint density at radius 1 is 1.19 bits per heavy atom. The lowest BCUT2D eigenvalue weighted by Gasteiger charge is -2.39. The van der Waals surface area contributed by atoms with E-state index in [2.05, 4.69) is 41.1 Å². The first-order chi connectivity index (χ1) is 15.1. The average Bonchev–Trinajstić information content (AvgIpc) is 3.39. The van der Waals surface area contributed by atoms with Crippen molar-refractivity contribution in [1.82, 2.24) is 9.88 Å². The molecular weight excluding hydrogens is 388 g/mol. The highest BCUT2D eigenvalue weighted by atomic mass is 16.5. The van der Waals surface area contributed by atoms with Gasteiger partial charge in [-0.25, -0.2) is 0 Å². The van der Waals surface area contributed by atoms with Crippen LogP contribution in [0, 0.1) is 6.92 Å². The van der Waals surface area contributed by atoms with Gasteiger partial charge in [0.25, 0.3) is 0 Å². The number of β-amino-alcohol motifs (C(OH)–C–C–N with tert-alkyl or cyclic N) is 1. The molecule has 1 aliphatic heterocycles. The number of rotatable bonds is 6. The molecule has 4 aromatic rings. The molecule has 3 atom stereocenters. The zero-order valence-electron chi connectivity index (χ0n) is 18.2. The van der Waals surface area contributed by atoms with Crippen molar-refractivity contribution in [2.75, 3.05) is 19.7 Å². The summed E-state index contributed by atoms with van der Waals surface area (Å²) < 4.78 is 11.6. The van der Waals surface area contributed by atoms with Gasteiger partial charge < -0.3 is 19.2 Å².